The Morgan fingerprint density at radius 3 is 2.65 bits per heavy atom. The maximum absolute atomic E-state index is 12.4. The number of amides is 2. The van der Waals surface area contributed by atoms with Crippen LogP contribution in [0.3, 0.4) is 0 Å². The predicted molar refractivity (Wildman–Crippen MR) is 103 cm³/mol. The van der Waals surface area contributed by atoms with Crippen molar-refractivity contribution in [1.82, 2.24) is 19.8 Å². The third-order valence-corrected chi connectivity index (χ3v) is 5.19. The van der Waals surface area contributed by atoms with Crippen LogP contribution in [0.4, 0.5) is 4.79 Å². The minimum Gasteiger partial charge on any atom is -0.351 e. The zero-order valence-electron chi connectivity index (χ0n) is 14.8. The Morgan fingerprint density at radius 2 is 1.85 bits per heavy atom. The number of urea groups is 1. The van der Waals surface area contributed by atoms with E-state index in [4.69, 9.17) is 0 Å². The summed E-state index contributed by atoms with van der Waals surface area (Å²) in [6.07, 6.45) is 8.85. The summed E-state index contributed by atoms with van der Waals surface area (Å²) in [5, 5.41) is 4.21. The molecule has 0 atom stereocenters. The van der Waals surface area contributed by atoms with Gasteiger partial charge in [-0.3, -0.25) is 4.98 Å². The first-order valence-corrected chi connectivity index (χ1v) is 9.29. The van der Waals surface area contributed by atoms with E-state index in [2.05, 4.69) is 57.6 Å². The van der Waals surface area contributed by atoms with Crippen LogP contribution in [-0.2, 0) is 6.42 Å². The van der Waals surface area contributed by atoms with Gasteiger partial charge < -0.3 is 14.8 Å². The molecule has 4 rings (SSSR count). The summed E-state index contributed by atoms with van der Waals surface area (Å²) in [7, 11) is 0. The highest BCUT2D eigenvalue weighted by Crippen LogP contribution is 2.22. The molecule has 1 fully saturated rings. The molecule has 0 saturated carbocycles. The number of hydrogen-bond acceptors (Lipinski definition) is 2. The first-order valence-electron chi connectivity index (χ1n) is 9.29. The van der Waals surface area contributed by atoms with E-state index in [0.717, 1.165) is 43.3 Å². The van der Waals surface area contributed by atoms with Gasteiger partial charge in [0.25, 0.3) is 0 Å². The van der Waals surface area contributed by atoms with Crippen LogP contribution in [0, 0.1) is 0 Å². The second-order valence-corrected chi connectivity index (χ2v) is 6.82. The predicted octanol–water partition coefficient (Wildman–Crippen LogP) is 3.63. The number of fused-ring (bicyclic) bond motifs is 1. The SMILES string of the molecule is O=C(NCCc1cccc2cccnc12)N1CCC(n2cccc2)CC1. The molecule has 0 radical (unpaired) electrons. The van der Waals surface area contributed by atoms with Crippen LogP contribution < -0.4 is 5.32 Å². The lowest BCUT2D eigenvalue weighted by molar-refractivity contribution is 0.172. The Bertz CT molecular complexity index is 861. The number of carbonyl (C=O) groups excluding carboxylic acids is 1. The highest BCUT2D eigenvalue weighted by molar-refractivity contribution is 5.81. The van der Waals surface area contributed by atoms with Crippen molar-refractivity contribution in [2.45, 2.75) is 25.3 Å². The fourth-order valence-corrected chi connectivity index (χ4v) is 3.74. The summed E-state index contributed by atoms with van der Waals surface area (Å²) in [5.74, 6) is 0. The number of benzene rings is 1. The molecule has 3 aromatic rings. The molecule has 0 spiro atoms. The molecule has 26 heavy (non-hydrogen) atoms. The molecule has 3 heterocycles. The number of likely N-dealkylation sites (tertiary alicyclic amines) is 1. The van der Waals surface area contributed by atoms with Crippen molar-refractivity contribution < 1.29 is 4.79 Å². The largest absolute Gasteiger partial charge is 0.351 e. The van der Waals surface area contributed by atoms with Crippen molar-refractivity contribution in [3.05, 3.63) is 66.6 Å². The van der Waals surface area contributed by atoms with Crippen molar-refractivity contribution in [1.29, 1.82) is 0 Å². The number of pyridine rings is 1. The van der Waals surface area contributed by atoms with Crippen molar-refractivity contribution in [3.63, 3.8) is 0 Å². The van der Waals surface area contributed by atoms with Crippen LogP contribution in [-0.4, -0.2) is 40.1 Å². The quantitative estimate of drug-likeness (QED) is 0.783. The minimum atomic E-state index is 0.0455. The van der Waals surface area contributed by atoms with Crippen LogP contribution in [0.15, 0.2) is 61.1 Å². The van der Waals surface area contributed by atoms with Gasteiger partial charge in [0, 0.05) is 49.7 Å². The van der Waals surface area contributed by atoms with Gasteiger partial charge in [0.05, 0.1) is 5.52 Å². The summed E-state index contributed by atoms with van der Waals surface area (Å²) in [6, 6.07) is 14.9. The van der Waals surface area contributed by atoms with Gasteiger partial charge in [-0.1, -0.05) is 24.3 Å². The van der Waals surface area contributed by atoms with E-state index >= 15 is 0 Å². The van der Waals surface area contributed by atoms with E-state index in [1.165, 1.54) is 5.56 Å². The van der Waals surface area contributed by atoms with Gasteiger partial charge in [-0.05, 0) is 43.0 Å². The molecule has 2 aromatic heterocycles. The van der Waals surface area contributed by atoms with E-state index in [-0.39, 0.29) is 6.03 Å². The van der Waals surface area contributed by atoms with Crippen molar-refractivity contribution in [2.24, 2.45) is 0 Å². The molecule has 0 aliphatic carbocycles. The number of piperidine rings is 1. The molecule has 0 unspecified atom stereocenters. The number of nitrogens with zero attached hydrogens (tertiary/aromatic N) is 3. The summed E-state index contributed by atoms with van der Waals surface area (Å²) >= 11 is 0. The molecule has 5 heteroatoms. The Labute approximate surface area is 153 Å². The Kier molecular flexibility index (Phi) is 4.86. The fraction of sp³-hybridized carbons (Fsp3) is 0.333. The molecule has 1 saturated heterocycles. The molecule has 5 nitrogen and oxygen atoms in total. The number of nitrogens with one attached hydrogen (secondary N) is 1. The molecule has 134 valence electrons. The van der Waals surface area contributed by atoms with Crippen molar-refractivity contribution in [2.75, 3.05) is 19.6 Å². The average molecular weight is 348 g/mol. The monoisotopic (exact) mass is 348 g/mol. The summed E-state index contributed by atoms with van der Waals surface area (Å²) < 4.78 is 2.25. The van der Waals surface area contributed by atoms with Crippen molar-refractivity contribution in [3.8, 4) is 0 Å². The lowest BCUT2D eigenvalue weighted by Gasteiger charge is -2.32. The number of carbonyl (C=O) groups is 1. The number of hydrogen-bond donors (Lipinski definition) is 1. The summed E-state index contributed by atoms with van der Waals surface area (Å²) in [5.41, 5.74) is 2.20. The molecular formula is C21H24N4O. The molecule has 0 bridgehead atoms. The zero-order chi connectivity index (χ0) is 17.8. The van der Waals surface area contributed by atoms with Crippen molar-refractivity contribution >= 4 is 16.9 Å². The normalized spacial score (nSPS) is 15.3. The van der Waals surface area contributed by atoms with Gasteiger partial charge in [-0.25, -0.2) is 4.79 Å². The van der Waals surface area contributed by atoms with Crippen LogP contribution in [0.2, 0.25) is 0 Å². The Morgan fingerprint density at radius 1 is 1.08 bits per heavy atom. The third-order valence-electron chi connectivity index (χ3n) is 5.19. The Balaban J connectivity index is 1.28. The van der Waals surface area contributed by atoms with Crippen LogP contribution in [0.25, 0.3) is 10.9 Å². The zero-order valence-corrected chi connectivity index (χ0v) is 14.8. The standard InChI is InChI=1S/C21H24N4O/c26-21(25-15-9-19(10-16-25)24-13-1-2-14-24)23-12-8-18-6-3-5-17-7-4-11-22-20(17)18/h1-7,11,13-14,19H,8-10,12,15-16H2,(H,23,26). The molecular weight excluding hydrogens is 324 g/mol. The second-order valence-electron chi connectivity index (χ2n) is 6.82. The topological polar surface area (TPSA) is 50.2 Å². The molecule has 1 aliphatic rings. The number of rotatable bonds is 4. The fourth-order valence-electron chi connectivity index (χ4n) is 3.74. The minimum absolute atomic E-state index is 0.0455. The van der Waals surface area contributed by atoms with Gasteiger partial charge in [0.1, 0.15) is 0 Å². The van der Waals surface area contributed by atoms with E-state index in [0.29, 0.717) is 12.6 Å². The highest BCUT2D eigenvalue weighted by atomic mass is 16.2. The lowest BCUT2D eigenvalue weighted by atomic mass is 10.1. The van der Waals surface area contributed by atoms with Crippen LogP contribution >= 0.6 is 0 Å². The molecule has 2 amide bonds. The number of para-hydroxylation sites is 1. The molecule has 1 aromatic carbocycles. The molecule has 1 N–H and O–H groups in total. The average Bonchev–Trinajstić information content (AvgIpc) is 3.23. The first kappa shape index (κ1) is 16.6. The van der Waals surface area contributed by atoms with E-state index in [1.807, 2.05) is 23.2 Å². The second kappa shape index (κ2) is 7.60. The maximum atomic E-state index is 12.4. The van der Waals surface area contributed by atoms with Gasteiger partial charge >= 0.3 is 6.03 Å². The lowest BCUT2D eigenvalue weighted by Crippen LogP contribution is -2.45. The third kappa shape index (κ3) is 3.57. The first-order chi connectivity index (χ1) is 12.8. The summed E-state index contributed by atoms with van der Waals surface area (Å²) in [6.45, 7) is 2.25. The summed E-state index contributed by atoms with van der Waals surface area (Å²) in [4.78, 5) is 18.8. The van der Waals surface area contributed by atoms with E-state index in [9.17, 15) is 4.79 Å². The van der Waals surface area contributed by atoms with Gasteiger partial charge in [-0.15, -0.1) is 0 Å². The van der Waals surface area contributed by atoms with E-state index in [1.54, 1.807) is 0 Å². The molecule has 1 aliphatic heterocycles. The Hall–Kier alpha value is -2.82. The smallest absolute Gasteiger partial charge is 0.317 e. The van der Waals surface area contributed by atoms with Crippen LogP contribution in [0.5, 0.6) is 0 Å². The van der Waals surface area contributed by atoms with Gasteiger partial charge in [0.15, 0.2) is 0 Å². The van der Waals surface area contributed by atoms with E-state index < -0.39 is 0 Å². The van der Waals surface area contributed by atoms with Gasteiger partial charge in [-0.2, -0.15) is 0 Å². The van der Waals surface area contributed by atoms with Gasteiger partial charge in [0.2, 0.25) is 0 Å². The number of aromatic nitrogens is 2. The highest BCUT2D eigenvalue weighted by Gasteiger charge is 2.23. The van der Waals surface area contributed by atoms with Crippen LogP contribution in [0.1, 0.15) is 24.4 Å². The maximum Gasteiger partial charge on any atom is 0.317 e.